The number of pyridine rings is 1. The van der Waals surface area contributed by atoms with Crippen LogP contribution in [-0.2, 0) is 4.79 Å². The van der Waals surface area contributed by atoms with E-state index in [0.29, 0.717) is 12.2 Å². The summed E-state index contributed by atoms with van der Waals surface area (Å²) in [5.74, 6) is 0.750. The van der Waals surface area contributed by atoms with Gasteiger partial charge < -0.3 is 5.32 Å². The molecule has 0 aliphatic carbocycles. The van der Waals surface area contributed by atoms with Crippen molar-refractivity contribution in [2.24, 2.45) is 0 Å². The van der Waals surface area contributed by atoms with Crippen LogP contribution < -0.4 is 5.32 Å². The van der Waals surface area contributed by atoms with Crippen molar-refractivity contribution in [1.29, 1.82) is 0 Å². The monoisotopic (exact) mass is 378 g/mol. The second-order valence-corrected chi connectivity index (χ2v) is 8.34. The van der Waals surface area contributed by atoms with Gasteiger partial charge >= 0.3 is 0 Å². The number of amides is 1. The Morgan fingerprint density at radius 1 is 0.926 bits per heavy atom. The smallest absolute Gasteiger partial charge is 0.225 e. The van der Waals surface area contributed by atoms with Crippen molar-refractivity contribution in [3.8, 4) is 0 Å². The maximum Gasteiger partial charge on any atom is 0.225 e. The first kappa shape index (κ1) is 19.4. The van der Waals surface area contributed by atoms with Gasteiger partial charge in [0.1, 0.15) is 0 Å². The Labute approximate surface area is 165 Å². The summed E-state index contributed by atoms with van der Waals surface area (Å²) >= 11 is 1.64. The predicted octanol–water partition coefficient (Wildman–Crippen LogP) is 5.90. The number of nitrogens with zero attached hydrogens (tertiary/aromatic N) is 1. The summed E-state index contributed by atoms with van der Waals surface area (Å²) in [5, 5.41) is 5.21. The minimum Gasteiger partial charge on any atom is -0.326 e. The number of fused-ring (bicyclic) bond motifs is 1. The highest BCUT2D eigenvalue weighted by Crippen LogP contribution is 2.27. The largest absolute Gasteiger partial charge is 0.326 e. The molecule has 0 atom stereocenters. The van der Waals surface area contributed by atoms with E-state index < -0.39 is 0 Å². The molecule has 3 aromatic rings. The van der Waals surface area contributed by atoms with Gasteiger partial charge in [-0.3, -0.25) is 4.79 Å². The van der Waals surface area contributed by atoms with Crippen molar-refractivity contribution in [1.82, 2.24) is 4.98 Å². The molecule has 1 amide bonds. The molecule has 0 saturated carbocycles. The van der Waals surface area contributed by atoms with E-state index in [1.54, 1.807) is 11.8 Å². The quantitative estimate of drug-likeness (QED) is 0.562. The van der Waals surface area contributed by atoms with Crippen molar-refractivity contribution in [2.75, 3.05) is 11.1 Å². The topological polar surface area (TPSA) is 42.0 Å². The molecule has 0 aliphatic heterocycles. The zero-order chi connectivity index (χ0) is 19.6. The van der Waals surface area contributed by atoms with Crippen LogP contribution in [0.25, 0.3) is 10.9 Å². The Bertz CT molecular complexity index is 1010. The summed E-state index contributed by atoms with van der Waals surface area (Å²) < 4.78 is 0. The number of hydrogen-bond donors (Lipinski definition) is 1. The predicted molar refractivity (Wildman–Crippen MR) is 116 cm³/mol. The molecule has 0 saturated heterocycles. The molecule has 1 N–H and O–H groups in total. The van der Waals surface area contributed by atoms with Gasteiger partial charge in [0.05, 0.1) is 10.5 Å². The first-order valence-corrected chi connectivity index (χ1v) is 10.2. The molecule has 0 fully saturated rings. The molecule has 1 aromatic heterocycles. The van der Waals surface area contributed by atoms with E-state index in [0.717, 1.165) is 27.4 Å². The van der Waals surface area contributed by atoms with Crippen LogP contribution in [0.2, 0.25) is 0 Å². The highest BCUT2D eigenvalue weighted by Gasteiger charge is 2.09. The van der Waals surface area contributed by atoms with E-state index in [1.165, 1.54) is 22.1 Å². The van der Waals surface area contributed by atoms with Gasteiger partial charge in [-0.05, 0) is 75.1 Å². The van der Waals surface area contributed by atoms with E-state index in [4.69, 9.17) is 4.98 Å². The minimum absolute atomic E-state index is 0.0421. The number of benzene rings is 2. The van der Waals surface area contributed by atoms with Crippen LogP contribution in [0.4, 0.5) is 5.69 Å². The van der Waals surface area contributed by atoms with Crippen molar-refractivity contribution in [3.05, 3.63) is 64.2 Å². The zero-order valence-corrected chi connectivity index (χ0v) is 17.5. The Balaban J connectivity index is 1.65. The number of aromatic nitrogens is 1. The van der Waals surface area contributed by atoms with Crippen LogP contribution in [0.15, 0.2) is 41.4 Å². The van der Waals surface area contributed by atoms with Crippen LogP contribution in [0, 0.1) is 34.6 Å². The van der Waals surface area contributed by atoms with Gasteiger partial charge in [-0.15, -0.1) is 11.8 Å². The van der Waals surface area contributed by atoms with Crippen molar-refractivity contribution < 1.29 is 4.79 Å². The summed E-state index contributed by atoms with van der Waals surface area (Å²) in [7, 11) is 0. The van der Waals surface area contributed by atoms with Crippen LogP contribution in [-0.4, -0.2) is 16.6 Å². The van der Waals surface area contributed by atoms with Gasteiger partial charge in [-0.1, -0.05) is 23.8 Å². The number of rotatable bonds is 5. The average Bonchev–Trinajstić information content (AvgIpc) is 2.59. The number of carbonyl (C=O) groups excluding carboxylic acids is 1. The third kappa shape index (κ3) is 4.69. The lowest BCUT2D eigenvalue weighted by Crippen LogP contribution is -2.13. The van der Waals surface area contributed by atoms with Crippen LogP contribution >= 0.6 is 11.8 Å². The second kappa shape index (κ2) is 8.13. The first-order chi connectivity index (χ1) is 12.8. The van der Waals surface area contributed by atoms with Gasteiger partial charge in [-0.2, -0.15) is 0 Å². The molecule has 0 aliphatic rings. The lowest BCUT2D eigenvalue weighted by Gasteiger charge is -2.11. The third-order valence-electron chi connectivity index (χ3n) is 4.68. The number of anilines is 1. The van der Waals surface area contributed by atoms with Gasteiger partial charge in [0.15, 0.2) is 0 Å². The van der Waals surface area contributed by atoms with Crippen molar-refractivity contribution >= 4 is 34.3 Å². The molecule has 2 aromatic carbocycles. The minimum atomic E-state index is 0.0421. The average molecular weight is 379 g/mol. The van der Waals surface area contributed by atoms with Gasteiger partial charge in [0.25, 0.3) is 0 Å². The van der Waals surface area contributed by atoms with Crippen LogP contribution in [0.1, 0.15) is 34.2 Å². The van der Waals surface area contributed by atoms with Gasteiger partial charge in [0, 0.05) is 23.2 Å². The number of nitrogens with one attached hydrogen (secondary N) is 1. The number of aryl methyl sites for hydroxylation is 5. The highest BCUT2D eigenvalue weighted by molar-refractivity contribution is 7.99. The van der Waals surface area contributed by atoms with Crippen LogP contribution in [0.3, 0.4) is 0 Å². The van der Waals surface area contributed by atoms with Gasteiger partial charge in [0.2, 0.25) is 5.91 Å². The molecule has 1 heterocycles. The van der Waals surface area contributed by atoms with E-state index in [9.17, 15) is 4.79 Å². The lowest BCUT2D eigenvalue weighted by molar-refractivity contribution is -0.115. The molecular formula is C23H26N2OS. The molecule has 0 bridgehead atoms. The number of thioether (sulfide) groups is 1. The van der Waals surface area contributed by atoms with Gasteiger partial charge in [-0.25, -0.2) is 4.98 Å². The summed E-state index contributed by atoms with van der Waals surface area (Å²) in [4.78, 5) is 17.1. The first-order valence-electron chi connectivity index (χ1n) is 9.22. The molecule has 140 valence electrons. The molecule has 0 unspecified atom stereocenters. The lowest BCUT2D eigenvalue weighted by atomic mass is 10.0. The fourth-order valence-corrected chi connectivity index (χ4v) is 4.13. The molecule has 0 spiro atoms. The highest BCUT2D eigenvalue weighted by atomic mass is 32.2. The molecule has 3 nitrogen and oxygen atoms in total. The van der Waals surface area contributed by atoms with Crippen molar-refractivity contribution in [3.63, 3.8) is 0 Å². The fourth-order valence-electron chi connectivity index (χ4n) is 3.22. The third-order valence-corrected chi connectivity index (χ3v) is 5.59. The number of carbonyl (C=O) groups is 1. The SMILES string of the molecule is Cc1ccc(C)c(NC(=O)CCSc2cc(C)c3cc(C)cc(C)c3n2)c1. The maximum absolute atomic E-state index is 12.3. The zero-order valence-electron chi connectivity index (χ0n) is 16.6. The van der Waals surface area contributed by atoms with E-state index >= 15 is 0 Å². The fraction of sp³-hybridized carbons (Fsp3) is 0.304. The Hall–Kier alpha value is -2.33. The van der Waals surface area contributed by atoms with E-state index in [-0.39, 0.29) is 5.91 Å². The summed E-state index contributed by atoms with van der Waals surface area (Å²) in [6.45, 7) is 10.4. The van der Waals surface area contributed by atoms with Crippen molar-refractivity contribution in [2.45, 2.75) is 46.1 Å². The molecule has 27 heavy (non-hydrogen) atoms. The Morgan fingerprint density at radius 2 is 1.70 bits per heavy atom. The second-order valence-electron chi connectivity index (χ2n) is 7.22. The van der Waals surface area contributed by atoms with E-state index in [2.05, 4.69) is 50.4 Å². The number of hydrogen-bond acceptors (Lipinski definition) is 3. The standard InChI is InChI=1S/C23H26N2OS/c1-14-6-7-16(3)20(12-14)24-21(26)8-9-27-22-13-17(4)19-11-15(2)10-18(5)23(19)25-22/h6-7,10-13H,8-9H2,1-5H3,(H,24,26). The summed E-state index contributed by atoms with van der Waals surface area (Å²) in [5.41, 5.74) is 7.87. The molecule has 0 radical (unpaired) electrons. The maximum atomic E-state index is 12.3. The van der Waals surface area contributed by atoms with Crippen LogP contribution in [0.5, 0.6) is 0 Å². The molecular weight excluding hydrogens is 352 g/mol. The molecule has 4 heteroatoms. The normalized spacial score (nSPS) is 11.0. The Morgan fingerprint density at radius 3 is 2.48 bits per heavy atom. The molecule has 3 rings (SSSR count). The summed E-state index contributed by atoms with van der Waals surface area (Å²) in [6.07, 6.45) is 0.462. The summed E-state index contributed by atoms with van der Waals surface area (Å²) in [6, 6.07) is 12.6. The Kier molecular flexibility index (Phi) is 5.85. The van der Waals surface area contributed by atoms with E-state index in [1.807, 2.05) is 26.0 Å².